The highest BCUT2D eigenvalue weighted by Crippen LogP contribution is 2.18. The zero-order valence-electron chi connectivity index (χ0n) is 18.5. The highest BCUT2D eigenvalue weighted by atomic mass is 127. The van der Waals surface area contributed by atoms with Crippen LogP contribution in [0.25, 0.3) is 0 Å². The number of hydrogen-bond donors (Lipinski definition) is 1. The molecular formula is C21H34IN7S. The number of guanidine groups is 1. The molecule has 166 valence electrons. The van der Waals surface area contributed by atoms with Gasteiger partial charge in [0.15, 0.2) is 11.8 Å². The zero-order valence-corrected chi connectivity index (χ0v) is 21.6. The third-order valence-corrected chi connectivity index (χ3v) is 6.00. The fourth-order valence-electron chi connectivity index (χ4n) is 3.42. The smallest absolute Gasteiger partial charge is 0.194 e. The van der Waals surface area contributed by atoms with E-state index in [-0.39, 0.29) is 24.0 Å². The van der Waals surface area contributed by atoms with Gasteiger partial charge in [-0.3, -0.25) is 0 Å². The summed E-state index contributed by atoms with van der Waals surface area (Å²) in [6.07, 6.45) is 3.28. The van der Waals surface area contributed by atoms with Gasteiger partial charge < -0.3 is 19.7 Å². The molecule has 2 aromatic rings. The van der Waals surface area contributed by atoms with Crippen LogP contribution in [0.15, 0.2) is 29.3 Å². The molecule has 7 nitrogen and oxygen atoms in total. The van der Waals surface area contributed by atoms with Crippen LogP contribution in [0.4, 0.5) is 5.69 Å². The van der Waals surface area contributed by atoms with Gasteiger partial charge >= 0.3 is 0 Å². The van der Waals surface area contributed by atoms with E-state index in [1.807, 2.05) is 30.3 Å². The van der Waals surface area contributed by atoms with Crippen molar-refractivity contribution in [1.29, 1.82) is 0 Å². The van der Waals surface area contributed by atoms with E-state index in [1.54, 1.807) is 0 Å². The molecule has 0 amide bonds. The Morgan fingerprint density at radius 1 is 1.17 bits per heavy atom. The van der Waals surface area contributed by atoms with Crippen molar-refractivity contribution >= 4 is 47.4 Å². The first-order chi connectivity index (χ1) is 14.1. The molecule has 0 aliphatic carbocycles. The Balaban J connectivity index is 0.00000320. The Morgan fingerprint density at radius 3 is 2.57 bits per heavy atom. The van der Waals surface area contributed by atoms with Gasteiger partial charge in [-0.15, -0.1) is 34.2 Å². The lowest BCUT2D eigenvalue weighted by atomic mass is 10.2. The number of piperazine rings is 1. The van der Waals surface area contributed by atoms with E-state index in [0.29, 0.717) is 6.54 Å². The summed E-state index contributed by atoms with van der Waals surface area (Å²) in [5.41, 5.74) is 2.62. The molecule has 1 fully saturated rings. The molecule has 0 atom stereocenters. The lowest BCUT2D eigenvalue weighted by Gasteiger charge is -2.38. The summed E-state index contributed by atoms with van der Waals surface area (Å²) in [5.74, 6) is 3.94. The Bertz CT molecular complexity index is 815. The van der Waals surface area contributed by atoms with Gasteiger partial charge in [0.25, 0.3) is 0 Å². The number of anilines is 1. The molecule has 0 spiro atoms. The molecule has 1 aromatic carbocycles. The van der Waals surface area contributed by atoms with E-state index in [1.165, 1.54) is 11.3 Å². The van der Waals surface area contributed by atoms with E-state index in [4.69, 9.17) is 4.99 Å². The quantitative estimate of drug-likeness (QED) is 0.251. The highest BCUT2D eigenvalue weighted by Gasteiger charge is 2.20. The predicted octanol–water partition coefficient (Wildman–Crippen LogP) is 3.07. The summed E-state index contributed by atoms with van der Waals surface area (Å²) < 4.78 is 2.00. The number of hydrogen-bond acceptors (Lipinski definition) is 5. The average Bonchev–Trinajstić information content (AvgIpc) is 3.05. The predicted molar refractivity (Wildman–Crippen MR) is 138 cm³/mol. The molecular weight excluding hydrogens is 509 g/mol. The third-order valence-electron chi connectivity index (χ3n) is 5.31. The molecule has 1 aliphatic rings. The summed E-state index contributed by atoms with van der Waals surface area (Å²) in [7, 11) is 1.99. The minimum atomic E-state index is 0. The normalized spacial score (nSPS) is 14.6. The van der Waals surface area contributed by atoms with Crippen molar-refractivity contribution in [3.8, 4) is 0 Å². The number of rotatable bonds is 7. The van der Waals surface area contributed by atoms with Crippen LogP contribution >= 0.6 is 35.7 Å². The van der Waals surface area contributed by atoms with Crippen LogP contribution < -0.4 is 10.2 Å². The van der Waals surface area contributed by atoms with Crippen LogP contribution in [0.3, 0.4) is 0 Å². The second-order valence-corrected chi connectivity index (χ2v) is 8.43. The van der Waals surface area contributed by atoms with Crippen molar-refractivity contribution in [2.45, 2.75) is 26.8 Å². The zero-order chi connectivity index (χ0) is 20.6. The van der Waals surface area contributed by atoms with Gasteiger partial charge in [-0.1, -0.05) is 12.1 Å². The Kier molecular flexibility index (Phi) is 10.2. The van der Waals surface area contributed by atoms with Crippen molar-refractivity contribution in [3.05, 3.63) is 41.5 Å². The molecule has 3 rings (SSSR count). The van der Waals surface area contributed by atoms with Crippen molar-refractivity contribution in [2.75, 3.05) is 49.6 Å². The standard InChI is InChI=1S/C21H33N7S.HI/c1-17-7-5-8-19(15-17)27-10-12-28(13-11-27)21(22-9-6-14-29-4)23-16-20-25-24-18(2)26(20)3;/h5,7-8,15H,6,9-14,16H2,1-4H3,(H,22,23);1H. The molecule has 9 heteroatoms. The molecule has 0 unspecified atom stereocenters. The monoisotopic (exact) mass is 543 g/mol. The lowest BCUT2D eigenvalue weighted by Crippen LogP contribution is -2.52. The maximum absolute atomic E-state index is 4.88. The molecule has 1 saturated heterocycles. The van der Waals surface area contributed by atoms with E-state index < -0.39 is 0 Å². The van der Waals surface area contributed by atoms with Gasteiger partial charge in [0.2, 0.25) is 0 Å². The maximum atomic E-state index is 4.88. The second kappa shape index (κ2) is 12.4. The second-order valence-electron chi connectivity index (χ2n) is 7.45. The van der Waals surface area contributed by atoms with E-state index >= 15 is 0 Å². The topological polar surface area (TPSA) is 61.6 Å². The maximum Gasteiger partial charge on any atom is 0.194 e. The van der Waals surface area contributed by atoms with Crippen LogP contribution in [-0.2, 0) is 13.6 Å². The minimum Gasteiger partial charge on any atom is -0.368 e. The number of nitrogens with zero attached hydrogens (tertiary/aromatic N) is 6. The molecule has 0 bridgehead atoms. The number of nitrogens with one attached hydrogen (secondary N) is 1. The number of aliphatic imine (C=N–C) groups is 1. The van der Waals surface area contributed by atoms with Crippen LogP contribution in [-0.4, -0.2) is 70.4 Å². The lowest BCUT2D eigenvalue weighted by molar-refractivity contribution is 0.371. The van der Waals surface area contributed by atoms with Gasteiger partial charge in [0.05, 0.1) is 0 Å². The van der Waals surface area contributed by atoms with E-state index in [0.717, 1.165) is 62.5 Å². The van der Waals surface area contributed by atoms with Gasteiger partial charge in [0, 0.05) is 45.5 Å². The van der Waals surface area contributed by atoms with Crippen LogP contribution in [0, 0.1) is 13.8 Å². The summed E-state index contributed by atoms with van der Waals surface area (Å²) in [6.45, 7) is 9.51. The fraction of sp³-hybridized carbons (Fsp3) is 0.571. The first kappa shape index (κ1) is 24.8. The summed E-state index contributed by atoms with van der Waals surface area (Å²) in [6, 6.07) is 8.76. The number of benzene rings is 1. The van der Waals surface area contributed by atoms with Crippen molar-refractivity contribution in [2.24, 2.45) is 12.0 Å². The van der Waals surface area contributed by atoms with Gasteiger partial charge in [0.1, 0.15) is 12.4 Å². The number of halogens is 1. The first-order valence-electron chi connectivity index (χ1n) is 10.3. The summed E-state index contributed by atoms with van der Waals surface area (Å²) in [4.78, 5) is 9.71. The van der Waals surface area contributed by atoms with Crippen molar-refractivity contribution in [1.82, 2.24) is 25.0 Å². The van der Waals surface area contributed by atoms with Crippen LogP contribution in [0.5, 0.6) is 0 Å². The SMILES string of the molecule is CSCCCNC(=NCc1nnc(C)n1C)N1CCN(c2cccc(C)c2)CC1.I. The molecule has 30 heavy (non-hydrogen) atoms. The van der Waals surface area contributed by atoms with Crippen molar-refractivity contribution in [3.63, 3.8) is 0 Å². The van der Waals surface area contributed by atoms with Crippen LogP contribution in [0.1, 0.15) is 23.6 Å². The van der Waals surface area contributed by atoms with Crippen molar-refractivity contribution < 1.29 is 0 Å². The van der Waals surface area contributed by atoms with Crippen LogP contribution in [0.2, 0.25) is 0 Å². The Hall–Kier alpha value is -1.49. The highest BCUT2D eigenvalue weighted by molar-refractivity contribution is 14.0. The molecule has 2 heterocycles. The minimum absolute atomic E-state index is 0. The number of aromatic nitrogens is 3. The van der Waals surface area contributed by atoms with Gasteiger partial charge in [-0.25, -0.2) is 4.99 Å². The Labute approximate surface area is 201 Å². The largest absolute Gasteiger partial charge is 0.368 e. The summed E-state index contributed by atoms with van der Waals surface area (Å²) in [5, 5.41) is 12.0. The average molecular weight is 544 g/mol. The molecule has 1 N–H and O–H groups in total. The third kappa shape index (κ3) is 6.76. The summed E-state index contributed by atoms with van der Waals surface area (Å²) >= 11 is 1.88. The fourth-order valence-corrected chi connectivity index (χ4v) is 3.85. The first-order valence-corrected chi connectivity index (χ1v) is 11.7. The number of aryl methyl sites for hydroxylation is 2. The van der Waals surface area contributed by atoms with E-state index in [2.05, 4.69) is 62.8 Å². The molecule has 0 radical (unpaired) electrons. The van der Waals surface area contributed by atoms with Gasteiger partial charge in [-0.05, 0) is 50.0 Å². The molecule has 0 saturated carbocycles. The van der Waals surface area contributed by atoms with Gasteiger partial charge in [-0.2, -0.15) is 11.8 Å². The van der Waals surface area contributed by atoms with E-state index in [9.17, 15) is 0 Å². The molecule has 1 aromatic heterocycles. The molecule has 1 aliphatic heterocycles. The Morgan fingerprint density at radius 2 is 1.93 bits per heavy atom. The number of thioether (sulfide) groups is 1.